The Balaban J connectivity index is 1.83. The average molecular weight is 242 g/mol. The van der Waals surface area contributed by atoms with Gasteiger partial charge in [-0.05, 0) is 24.0 Å². The molecule has 0 spiro atoms. The van der Waals surface area contributed by atoms with Crippen LogP contribution in [0, 0.1) is 5.92 Å². The van der Waals surface area contributed by atoms with Crippen LogP contribution >= 0.6 is 11.6 Å². The number of pyridine rings is 1. The molecule has 88 valence electrons. The van der Waals surface area contributed by atoms with Gasteiger partial charge in [0.1, 0.15) is 5.02 Å². The average Bonchev–Trinajstić information content (AvgIpc) is 2.23. The van der Waals surface area contributed by atoms with E-state index in [0.29, 0.717) is 23.1 Å². The fraction of sp³-hybridized carbons (Fsp3) is 0.583. The van der Waals surface area contributed by atoms with E-state index >= 15 is 0 Å². The highest BCUT2D eigenvalue weighted by Gasteiger charge is 2.17. The summed E-state index contributed by atoms with van der Waals surface area (Å²) in [7, 11) is 0. The van der Waals surface area contributed by atoms with Crippen LogP contribution in [-0.2, 0) is 6.61 Å². The van der Waals surface area contributed by atoms with Crippen molar-refractivity contribution in [3.05, 3.63) is 22.8 Å². The van der Waals surface area contributed by atoms with Gasteiger partial charge in [0.2, 0.25) is 5.88 Å². The molecule has 0 atom stereocenters. The van der Waals surface area contributed by atoms with Crippen molar-refractivity contribution in [1.29, 1.82) is 0 Å². The molecular weight excluding hydrogens is 226 g/mol. The molecule has 0 amide bonds. The number of hydrogen-bond acceptors (Lipinski definition) is 3. The van der Waals surface area contributed by atoms with Crippen LogP contribution in [0.3, 0.4) is 0 Å². The van der Waals surface area contributed by atoms with Gasteiger partial charge >= 0.3 is 0 Å². The van der Waals surface area contributed by atoms with E-state index < -0.39 is 0 Å². The Morgan fingerprint density at radius 3 is 2.88 bits per heavy atom. The van der Waals surface area contributed by atoms with Crippen LogP contribution in [-0.4, -0.2) is 16.7 Å². The maximum Gasteiger partial charge on any atom is 0.232 e. The van der Waals surface area contributed by atoms with Gasteiger partial charge in [0, 0.05) is 6.20 Å². The minimum Gasteiger partial charge on any atom is -0.477 e. The van der Waals surface area contributed by atoms with Gasteiger partial charge in [0.25, 0.3) is 0 Å². The normalized spacial score (nSPS) is 15.9. The molecule has 1 aromatic heterocycles. The van der Waals surface area contributed by atoms with Gasteiger partial charge in [-0.3, -0.25) is 0 Å². The lowest BCUT2D eigenvalue weighted by Gasteiger charge is -2.24. The standard InChI is InChI=1S/C12H16ClNO2/c13-11-6-10(8-15)7-14-12(11)16-5-4-9-2-1-3-9/h6-7,9,15H,1-5,8H2. The van der Waals surface area contributed by atoms with Crippen molar-refractivity contribution < 1.29 is 9.84 Å². The van der Waals surface area contributed by atoms with Gasteiger partial charge < -0.3 is 9.84 Å². The van der Waals surface area contributed by atoms with E-state index in [1.54, 1.807) is 12.3 Å². The molecule has 1 aliphatic rings. The van der Waals surface area contributed by atoms with Gasteiger partial charge in [0.05, 0.1) is 13.2 Å². The van der Waals surface area contributed by atoms with Gasteiger partial charge in [-0.15, -0.1) is 0 Å². The summed E-state index contributed by atoms with van der Waals surface area (Å²) in [4.78, 5) is 4.08. The number of aromatic nitrogens is 1. The number of hydrogen-bond donors (Lipinski definition) is 1. The van der Waals surface area contributed by atoms with Gasteiger partial charge in [-0.2, -0.15) is 0 Å². The first-order valence-electron chi connectivity index (χ1n) is 5.67. The zero-order valence-corrected chi connectivity index (χ0v) is 9.91. The minimum atomic E-state index is -0.0466. The highest BCUT2D eigenvalue weighted by Crippen LogP contribution is 2.30. The molecule has 0 aliphatic heterocycles. The first-order valence-corrected chi connectivity index (χ1v) is 6.05. The topological polar surface area (TPSA) is 42.4 Å². The maximum absolute atomic E-state index is 8.90. The van der Waals surface area contributed by atoms with E-state index in [2.05, 4.69) is 4.98 Å². The Labute approximate surface area is 100 Å². The second kappa shape index (κ2) is 5.51. The lowest BCUT2D eigenvalue weighted by atomic mass is 9.83. The van der Waals surface area contributed by atoms with Crippen LogP contribution in [0.5, 0.6) is 5.88 Å². The zero-order chi connectivity index (χ0) is 11.4. The van der Waals surface area contributed by atoms with E-state index in [1.165, 1.54) is 19.3 Å². The van der Waals surface area contributed by atoms with E-state index in [9.17, 15) is 0 Å². The maximum atomic E-state index is 8.90. The number of halogens is 1. The molecule has 2 rings (SSSR count). The summed E-state index contributed by atoms with van der Waals surface area (Å²) >= 11 is 5.97. The first kappa shape index (κ1) is 11.7. The van der Waals surface area contributed by atoms with E-state index in [1.807, 2.05) is 0 Å². The molecule has 1 N–H and O–H groups in total. The van der Waals surface area contributed by atoms with Crippen molar-refractivity contribution in [1.82, 2.24) is 4.98 Å². The summed E-state index contributed by atoms with van der Waals surface area (Å²) in [5.74, 6) is 1.30. The Morgan fingerprint density at radius 1 is 1.50 bits per heavy atom. The predicted octanol–water partition coefficient (Wildman–Crippen LogP) is 2.80. The van der Waals surface area contributed by atoms with Crippen molar-refractivity contribution in [3.63, 3.8) is 0 Å². The van der Waals surface area contributed by atoms with Crippen molar-refractivity contribution in [2.45, 2.75) is 32.3 Å². The number of rotatable bonds is 5. The molecule has 0 radical (unpaired) electrons. The third-order valence-corrected chi connectivity index (χ3v) is 3.31. The molecule has 1 aromatic rings. The number of aliphatic hydroxyl groups is 1. The molecule has 1 heterocycles. The van der Waals surface area contributed by atoms with Crippen molar-refractivity contribution in [3.8, 4) is 5.88 Å². The molecule has 16 heavy (non-hydrogen) atoms. The highest BCUT2D eigenvalue weighted by molar-refractivity contribution is 6.31. The third-order valence-electron chi connectivity index (χ3n) is 3.04. The molecule has 1 saturated carbocycles. The summed E-state index contributed by atoms with van der Waals surface area (Å²) < 4.78 is 5.52. The largest absolute Gasteiger partial charge is 0.477 e. The number of ether oxygens (including phenoxy) is 1. The lowest BCUT2D eigenvalue weighted by molar-refractivity contribution is 0.217. The molecule has 3 nitrogen and oxygen atoms in total. The Morgan fingerprint density at radius 2 is 2.31 bits per heavy atom. The Bertz CT molecular complexity index is 353. The van der Waals surface area contributed by atoms with Crippen LogP contribution in [0.1, 0.15) is 31.2 Å². The zero-order valence-electron chi connectivity index (χ0n) is 9.16. The van der Waals surface area contributed by atoms with Crippen LogP contribution in [0.2, 0.25) is 5.02 Å². The summed E-state index contributed by atoms with van der Waals surface area (Å²) in [6, 6.07) is 1.69. The van der Waals surface area contributed by atoms with Crippen LogP contribution in [0.25, 0.3) is 0 Å². The third kappa shape index (κ3) is 2.86. The summed E-state index contributed by atoms with van der Waals surface area (Å²) in [6.07, 6.45) is 6.68. The number of nitrogens with zero attached hydrogens (tertiary/aromatic N) is 1. The Kier molecular flexibility index (Phi) is 4.02. The fourth-order valence-electron chi connectivity index (χ4n) is 1.76. The van der Waals surface area contributed by atoms with E-state index in [0.717, 1.165) is 12.3 Å². The molecule has 1 aliphatic carbocycles. The molecule has 0 aromatic carbocycles. The monoisotopic (exact) mass is 241 g/mol. The van der Waals surface area contributed by atoms with Crippen molar-refractivity contribution in [2.75, 3.05) is 6.61 Å². The Hall–Kier alpha value is -0.800. The van der Waals surface area contributed by atoms with Crippen LogP contribution in [0.15, 0.2) is 12.3 Å². The molecule has 4 heteroatoms. The predicted molar refractivity (Wildman–Crippen MR) is 62.6 cm³/mol. The smallest absolute Gasteiger partial charge is 0.232 e. The van der Waals surface area contributed by atoms with E-state index in [4.69, 9.17) is 21.4 Å². The highest BCUT2D eigenvalue weighted by atomic mass is 35.5. The van der Waals surface area contributed by atoms with Gasteiger partial charge in [-0.25, -0.2) is 4.98 Å². The fourth-order valence-corrected chi connectivity index (χ4v) is 2.00. The van der Waals surface area contributed by atoms with Gasteiger partial charge in [0.15, 0.2) is 0 Å². The lowest BCUT2D eigenvalue weighted by Crippen LogP contribution is -2.14. The molecule has 0 bridgehead atoms. The van der Waals surface area contributed by atoms with Crippen molar-refractivity contribution in [2.24, 2.45) is 5.92 Å². The second-order valence-electron chi connectivity index (χ2n) is 4.22. The number of aliphatic hydroxyl groups excluding tert-OH is 1. The second-order valence-corrected chi connectivity index (χ2v) is 4.63. The molecular formula is C12H16ClNO2. The SMILES string of the molecule is OCc1cnc(OCCC2CCC2)c(Cl)c1. The molecule has 0 saturated heterocycles. The molecule has 0 unspecified atom stereocenters. The van der Waals surface area contributed by atoms with Crippen LogP contribution in [0.4, 0.5) is 0 Å². The van der Waals surface area contributed by atoms with E-state index in [-0.39, 0.29) is 6.61 Å². The van der Waals surface area contributed by atoms with Crippen molar-refractivity contribution >= 4 is 11.6 Å². The minimum absolute atomic E-state index is 0.0466. The van der Waals surface area contributed by atoms with Gasteiger partial charge in [-0.1, -0.05) is 30.9 Å². The summed E-state index contributed by atoms with van der Waals surface area (Å²) in [5, 5.41) is 9.37. The summed E-state index contributed by atoms with van der Waals surface area (Å²) in [5.41, 5.74) is 0.705. The van der Waals surface area contributed by atoms with Crippen LogP contribution < -0.4 is 4.74 Å². The molecule has 1 fully saturated rings. The summed E-state index contributed by atoms with van der Waals surface area (Å²) in [6.45, 7) is 0.630. The quantitative estimate of drug-likeness (QED) is 0.862. The first-order chi connectivity index (χ1) is 7.79.